The summed E-state index contributed by atoms with van der Waals surface area (Å²) in [6.45, 7) is 6.95. The molecule has 5 heterocycles. The van der Waals surface area contributed by atoms with Crippen LogP contribution < -0.4 is 15.5 Å². The number of aliphatic hydroxyl groups excluding tert-OH is 1. The van der Waals surface area contributed by atoms with Crippen molar-refractivity contribution in [3.05, 3.63) is 30.5 Å². The van der Waals surface area contributed by atoms with Crippen molar-refractivity contribution in [2.45, 2.75) is 57.8 Å². The number of fused-ring (bicyclic) bond motifs is 3. The fourth-order valence-electron chi connectivity index (χ4n) is 6.08. The molecule has 3 N–H and O–H groups in total. The number of morpholine rings is 1. The highest BCUT2D eigenvalue weighted by molar-refractivity contribution is 5.90. The Balaban J connectivity index is 1.31. The van der Waals surface area contributed by atoms with Crippen LogP contribution in [0.4, 0.5) is 16.3 Å². The minimum atomic E-state index is -0.376. The van der Waals surface area contributed by atoms with Gasteiger partial charge in [-0.25, -0.2) is 19.4 Å². The highest BCUT2D eigenvalue weighted by Gasteiger charge is 2.36. The highest BCUT2D eigenvalue weighted by Crippen LogP contribution is 2.35. The highest BCUT2D eigenvalue weighted by atomic mass is 16.5. The van der Waals surface area contributed by atoms with Gasteiger partial charge in [-0.1, -0.05) is 13.8 Å². The van der Waals surface area contributed by atoms with Crippen molar-refractivity contribution < 1.29 is 19.4 Å². The van der Waals surface area contributed by atoms with E-state index in [2.05, 4.69) is 15.5 Å². The first-order valence-electron chi connectivity index (χ1n) is 14.6. The number of ether oxygens (including phenoxy) is 1. The Bertz CT molecular complexity index is 1390. The van der Waals surface area contributed by atoms with Crippen LogP contribution in [-0.2, 0) is 9.53 Å². The zero-order chi connectivity index (χ0) is 28.5. The van der Waals surface area contributed by atoms with E-state index in [4.69, 9.17) is 24.9 Å². The van der Waals surface area contributed by atoms with E-state index in [9.17, 15) is 9.59 Å². The molecule has 3 aromatic rings. The van der Waals surface area contributed by atoms with Gasteiger partial charge in [-0.2, -0.15) is 5.10 Å². The molecule has 3 fully saturated rings. The van der Waals surface area contributed by atoms with E-state index in [-0.39, 0.29) is 49.3 Å². The molecule has 3 aliphatic heterocycles. The summed E-state index contributed by atoms with van der Waals surface area (Å²) in [5, 5.41) is 20.0. The molecule has 12 heteroatoms. The third-order valence-corrected chi connectivity index (χ3v) is 8.19. The topological polar surface area (TPSA) is 138 Å². The summed E-state index contributed by atoms with van der Waals surface area (Å²) in [4.78, 5) is 38.9. The monoisotopic (exact) mass is 562 g/mol. The van der Waals surface area contributed by atoms with Crippen LogP contribution in [-0.4, -0.2) is 93.2 Å². The maximum Gasteiger partial charge on any atom is 0.319 e. The number of carbonyl (C=O) groups excluding carboxylic acids is 2. The number of likely N-dealkylation sites (tertiary alicyclic amines) is 1. The number of aromatic nitrogens is 4. The van der Waals surface area contributed by atoms with E-state index in [1.165, 1.54) is 0 Å². The van der Waals surface area contributed by atoms with Crippen molar-refractivity contribution in [1.82, 2.24) is 30.0 Å². The van der Waals surface area contributed by atoms with E-state index in [0.29, 0.717) is 24.6 Å². The number of nitrogens with zero attached hydrogens (tertiary/aromatic N) is 6. The fraction of sp³-hybridized carbons (Fsp3) is 0.552. The molecule has 1 aromatic carbocycles. The fourth-order valence-corrected chi connectivity index (χ4v) is 6.08. The number of anilines is 2. The minimum absolute atomic E-state index is 0.00438. The predicted molar refractivity (Wildman–Crippen MR) is 155 cm³/mol. The van der Waals surface area contributed by atoms with E-state index < -0.39 is 0 Å². The Morgan fingerprint density at radius 2 is 1.76 bits per heavy atom. The van der Waals surface area contributed by atoms with Crippen molar-refractivity contribution in [3.8, 4) is 11.4 Å². The van der Waals surface area contributed by atoms with Crippen LogP contribution >= 0.6 is 0 Å². The first kappa shape index (κ1) is 27.4. The number of urea groups is 1. The maximum absolute atomic E-state index is 12.5. The van der Waals surface area contributed by atoms with Gasteiger partial charge in [0.1, 0.15) is 5.82 Å². The van der Waals surface area contributed by atoms with Crippen molar-refractivity contribution in [3.63, 3.8) is 0 Å². The molecule has 218 valence electrons. The molecule has 0 aliphatic carbocycles. The van der Waals surface area contributed by atoms with Crippen molar-refractivity contribution >= 4 is 34.5 Å². The molecule has 2 aromatic heterocycles. The number of aliphatic hydroxyl groups is 1. The van der Waals surface area contributed by atoms with Crippen LogP contribution in [0.5, 0.6) is 0 Å². The summed E-state index contributed by atoms with van der Waals surface area (Å²) in [6.07, 6.45) is 6.08. The average molecular weight is 563 g/mol. The quantitative estimate of drug-likeness (QED) is 0.400. The van der Waals surface area contributed by atoms with Crippen molar-refractivity contribution in [1.29, 1.82) is 0 Å². The third-order valence-electron chi connectivity index (χ3n) is 8.19. The second-order valence-corrected chi connectivity index (χ2v) is 11.5. The Hall–Kier alpha value is -3.77. The molecular formula is C29H38N8O4. The summed E-state index contributed by atoms with van der Waals surface area (Å²) in [7, 11) is 0. The number of carbonyl (C=O) groups is 2. The zero-order valence-electron chi connectivity index (χ0n) is 23.6. The first-order valence-corrected chi connectivity index (χ1v) is 14.6. The van der Waals surface area contributed by atoms with Gasteiger partial charge >= 0.3 is 6.03 Å². The number of rotatable bonds is 7. The van der Waals surface area contributed by atoms with Gasteiger partial charge in [0.25, 0.3) is 0 Å². The Labute approximate surface area is 239 Å². The normalized spacial score (nSPS) is 21.1. The van der Waals surface area contributed by atoms with Gasteiger partial charge in [0.2, 0.25) is 5.91 Å². The average Bonchev–Trinajstić information content (AvgIpc) is 3.57. The molecule has 6 rings (SSSR count). The van der Waals surface area contributed by atoms with Gasteiger partial charge in [0, 0.05) is 49.9 Å². The number of piperidine rings is 1. The number of benzene rings is 1. The lowest BCUT2D eigenvalue weighted by Gasteiger charge is -2.34. The lowest BCUT2D eigenvalue weighted by molar-refractivity contribution is -0.135. The van der Waals surface area contributed by atoms with Crippen molar-refractivity contribution in [2.75, 3.05) is 49.5 Å². The number of hydrogen-bond donors (Lipinski definition) is 3. The third kappa shape index (κ3) is 5.71. The first-order chi connectivity index (χ1) is 19.9. The predicted octanol–water partition coefficient (Wildman–Crippen LogP) is 2.79. The molecule has 2 unspecified atom stereocenters. The number of amides is 3. The van der Waals surface area contributed by atoms with Crippen LogP contribution in [0.1, 0.15) is 45.6 Å². The molecule has 41 heavy (non-hydrogen) atoms. The van der Waals surface area contributed by atoms with Crippen LogP contribution in [0, 0.1) is 5.92 Å². The van der Waals surface area contributed by atoms with Crippen LogP contribution in [0.25, 0.3) is 22.4 Å². The van der Waals surface area contributed by atoms with Crippen molar-refractivity contribution in [2.24, 2.45) is 5.92 Å². The molecule has 12 nitrogen and oxygen atoms in total. The summed E-state index contributed by atoms with van der Waals surface area (Å²) in [5.41, 5.74) is 2.25. The molecule has 2 bridgehead atoms. The van der Waals surface area contributed by atoms with Gasteiger partial charge in [0.05, 0.1) is 36.4 Å². The number of nitrogens with one attached hydrogen (secondary N) is 2. The molecule has 0 radical (unpaired) electrons. The molecule has 3 saturated heterocycles. The largest absolute Gasteiger partial charge is 0.395 e. The zero-order valence-corrected chi connectivity index (χ0v) is 23.6. The Morgan fingerprint density at radius 1 is 1.05 bits per heavy atom. The van der Waals surface area contributed by atoms with Crippen LogP contribution in [0.15, 0.2) is 30.5 Å². The SMILES string of the molecule is CC(C)C(=O)N1CCC(n2ncc3c(N4CC5CCC(C4)O5)nc(-c4ccc(NC(=O)NCCO)cc4)nc32)CC1. The maximum atomic E-state index is 12.5. The summed E-state index contributed by atoms with van der Waals surface area (Å²) < 4.78 is 8.13. The summed E-state index contributed by atoms with van der Waals surface area (Å²) in [5.74, 6) is 1.66. The minimum Gasteiger partial charge on any atom is -0.395 e. The standard InChI is InChI=1S/C29H38N8O4/c1-18(2)28(39)35-12-9-21(10-13-35)37-27-24(15-31-37)26(36-16-22-7-8-23(17-36)41-22)33-25(34-27)19-3-5-20(6-4-19)32-29(40)30-11-14-38/h3-6,15,18,21-23,38H,7-14,16-17H2,1-2H3,(H2,30,32,40). The van der Waals surface area contributed by atoms with E-state index >= 15 is 0 Å². The van der Waals surface area contributed by atoms with Gasteiger partial charge in [0.15, 0.2) is 11.5 Å². The van der Waals surface area contributed by atoms with E-state index in [0.717, 1.165) is 61.2 Å². The van der Waals surface area contributed by atoms with Gasteiger partial charge in [-0.15, -0.1) is 0 Å². The Kier molecular flexibility index (Phi) is 7.76. The summed E-state index contributed by atoms with van der Waals surface area (Å²) >= 11 is 0. The lowest BCUT2D eigenvalue weighted by atomic mass is 10.0. The lowest BCUT2D eigenvalue weighted by Crippen LogP contribution is -2.43. The van der Waals surface area contributed by atoms with E-state index in [1.807, 2.05) is 53.9 Å². The summed E-state index contributed by atoms with van der Waals surface area (Å²) in [6, 6.07) is 7.19. The molecule has 0 saturated carbocycles. The van der Waals surface area contributed by atoms with E-state index in [1.54, 1.807) is 0 Å². The van der Waals surface area contributed by atoms with Gasteiger partial charge in [-0.05, 0) is 49.9 Å². The second kappa shape index (κ2) is 11.6. The van der Waals surface area contributed by atoms with Gasteiger partial charge in [-0.3, -0.25) is 4.79 Å². The van der Waals surface area contributed by atoms with Gasteiger partial charge < -0.3 is 30.3 Å². The van der Waals surface area contributed by atoms with Crippen LogP contribution in [0.2, 0.25) is 0 Å². The Morgan fingerprint density at radius 3 is 2.41 bits per heavy atom. The van der Waals surface area contributed by atoms with Crippen LogP contribution in [0.3, 0.4) is 0 Å². The molecule has 3 aliphatic rings. The molecule has 0 spiro atoms. The smallest absolute Gasteiger partial charge is 0.319 e. The molecular weight excluding hydrogens is 524 g/mol. The molecule has 2 atom stereocenters. The second-order valence-electron chi connectivity index (χ2n) is 11.5. The number of hydrogen-bond acceptors (Lipinski definition) is 8. The molecule has 3 amide bonds.